The van der Waals surface area contributed by atoms with E-state index in [1.165, 1.54) is 0 Å². The van der Waals surface area contributed by atoms with Crippen molar-refractivity contribution in [3.63, 3.8) is 0 Å². The van der Waals surface area contributed by atoms with E-state index in [-0.39, 0.29) is 18.6 Å². The second-order valence-electron chi connectivity index (χ2n) is 6.67. The topological polar surface area (TPSA) is 70.0 Å². The second kappa shape index (κ2) is 6.99. The molecule has 0 bridgehead atoms. The molecule has 126 valence electrons. The Morgan fingerprint density at radius 1 is 1.35 bits per heavy atom. The van der Waals surface area contributed by atoms with Gasteiger partial charge in [-0.25, -0.2) is 0 Å². The Hall–Kier alpha value is -1.43. The van der Waals surface area contributed by atoms with Crippen molar-refractivity contribution in [2.75, 3.05) is 19.8 Å². The second-order valence-corrected chi connectivity index (χ2v) is 6.67. The molecule has 0 radical (unpaired) electrons. The van der Waals surface area contributed by atoms with Gasteiger partial charge in [-0.1, -0.05) is 30.3 Å². The maximum atomic E-state index is 11.8. The molecular formula is C18H25NO4. The van der Waals surface area contributed by atoms with E-state index >= 15 is 0 Å². The van der Waals surface area contributed by atoms with Gasteiger partial charge < -0.3 is 14.9 Å². The molecule has 0 saturated carbocycles. The van der Waals surface area contributed by atoms with Crippen molar-refractivity contribution in [3.05, 3.63) is 35.9 Å². The van der Waals surface area contributed by atoms with Crippen molar-refractivity contribution in [2.24, 2.45) is 5.92 Å². The zero-order chi connectivity index (χ0) is 16.3. The van der Waals surface area contributed by atoms with Crippen LogP contribution in [-0.4, -0.2) is 52.4 Å². The molecule has 3 atom stereocenters. The van der Waals surface area contributed by atoms with Gasteiger partial charge in [-0.3, -0.25) is 9.69 Å². The third-order valence-corrected chi connectivity index (χ3v) is 5.39. The van der Waals surface area contributed by atoms with Crippen molar-refractivity contribution < 1.29 is 19.7 Å². The molecule has 0 unspecified atom stereocenters. The lowest BCUT2D eigenvalue weighted by molar-refractivity contribution is -0.148. The number of aliphatic hydroxyl groups is 1. The molecule has 23 heavy (non-hydrogen) atoms. The van der Waals surface area contributed by atoms with Crippen LogP contribution >= 0.6 is 0 Å². The number of hydrogen-bond donors (Lipinski definition) is 2. The highest BCUT2D eigenvalue weighted by Crippen LogP contribution is 2.46. The van der Waals surface area contributed by atoms with Gasteiger partial charge in [-0.2, -0.15) is 0 Å². The van der Waals surface area contributed by atoms with Crippen LogP contribution in [0.15, 0.2) is 30.3 Å². The Labute approximate surface area is 136 Å². The summed E-state index contributed by atoms with van der Waals surface area (Å²) in [6, 6.07) is 10.1. The Kier molecular flexibility index (Phi) is 4.99. The molecule has 0 spiro atoms. The van der Waals surface area contributed by atoms with Crippen LogP contribution in [0.2, 0.25) is 0 Å². The fraction of sp³-hybridized carbons (Fsp3) is 0.611. The van der Waals surface area contributed by atoms with Crippen LogP contribution in [-0.2, 0) is 16.1 Å². The minimum atomic E-state index is -0.752. The summed E-state index contributed by atoms with van der Waals surface area (Å²) in [4.78, 5) is 13.9. The summed E-state index contributed by atoms with van der Waals surface area (Å²) in [6.45, 7) is 2.02. The Bertz CT molecular complexity index is 535. The Morgan fingerprint density at radius 3 is 2.83 bits per heavy atom. The molecule has 0 aromatic heterocycles. The Balaban J connectivity index is 1.57. The number of fused-ring (bicyclic) bond motifs is 1. The van der Waals surface area contributed by atoms with E-state index < -0.39 is 11.5 Å². The molecule has 2 fully saturated rings. The van der Waals surface area contributed by atoms with Crippen LogP contribution < -0.4 is 0 Å². The summed E-state index contributed by atoms with van der Waals surface area (Å²) >= 11 is 0. The van der Waals surface area contributed by atoms with Crippen molar-refractivity contribution in [1.82, 2.24) is 4.90 Å². The van der Waals surface area contributed by atoms with Crippen LogP contribution in [0.4, 0.5) is 0 Å². The third kappa shape index (κ3) is 3.13. The summed E-state index contributed by atoms with van der Waals surface area (Å²) in [6.07, 6.45) is 2.95. The number of carboxylic acids is 1. The first-order chi connectivity index (χ1) is 11.2. The molecule has 2 aliphatic heterocycles. The van der Waals surface area contributed by atoms with Gasteiger partial charge in [0.05, 0.1) is 6.61 Å². The molecule has 2 aliphatic rings. The van der Waals surface area contributed by atoms with E-state index in [1.807, 2.05) is 30.3 Å². The first-order valence-electron chi connectivity index (χ1n) is 8.40. The fourth-order valence-corrected chi connectivity index (χ4v) is 4.29. The number of nitrogens with zero attached hydrogens (tertiary/aromatic N) is 1. The molecule has 5 nitrogen and oxygen atoms in total. The number of aliphatic hydroxyl groups excluding tert-OH is 1. The average Bonchev–Trinajstić information content (AvgIpc) is 3.10. The molecular weight excluding hydrogens is 294 g/mol. The minimum absolute atomic E-state index is 0.0340. The molecule has 2 heterocycles. The van der Waals surface area contributed by atoms with Crippen LogP contribution in [0, 0.1) is 5.92 Å². The van der Waals surface area contributed by atoms with Crippen molar-refractivity contribution in [2.45, 2.75) is 43.9 Å². The predicted octanol–water partition coefficient (Wildman–Crippen LogP) is 1.89. The first-order valence-corrected chi connectivity index (χ1v) is 8.40. The highest BCUT2D eigenvalue weighted by Gasteiger charge is 2.57. The maximum Gasteiger partial charge on any atom is 0.324 e. The number of hydrogen-bond acceptors (Lipinski definition) is 4. The summed E-state index contributed by atoms with van der Waals surface area (Å²) in [7, 11) is 0. The number of carboxylic acid groups (broad SMARTS) is 1. The monoisotopic (exact) mass is 319 g/mol. The normalized spacial score (nSPS) is 30.5. The summed E-state index contributed by atoms with van der Waals surface area (Å²) < 4.78 is 5.76. The summed E-state index contributed by atoms with van der Waals surface area (Å²) in [5.74, 6) is -0.701. The number of rotatable bonds is 7. The van der Waals surface area contributed by atoms with Gasteiger partial charge in [0.25, 0.3) is 0 Å². The molecule has 0 aliphatic carbocycles. The lowest BCUT2D eigenvalue weighted by atomic mass is 9.88. The average molecular weight is 319 g/mol. The zero-order valence-electron chi connectivity index (χ0n) is 13.4. The fourth-order valence-electron chi connectivity index (χ4n) is 4.29. The Morgan fingerprint density at radius 2 is 2.13 bits per heavy atom. The van der Waals surface area contributed by atoms with E-state index in [4.69, 9.17) is 4.74 Å². The predicted molar refractivity (Wildman–Crippen MR) is 86.0 cm³/mol. The molecule has 2 N–H and O–H groups in total. The van der Waals surface area contributed by atoms with Gasteiger partial charge in [0, 0.05) is 19.3 Å². The van der Waals surface area contributed by atoms with E-state index in [0.29, 0.717) is 26.1 Å². The van der Waals surface area contributed by atoms with E-state index in [2.05, 4.69) is 4.90 Å². The number of ether oxygens (including phenoxy) is 1. The van der Waals surface area contributed by atoms with E-state index in [1.54, 1.807) is 0 Å². The lowest BCUT2D eigenvalue weighted by Gasteiger charge is -2.31. The van der Waals surface area contributed by atoms with Crippen molar-refractivity contribution in [3.8, 4) is 0 Å². The highest BCUT2D eigenvalue weighted by atomic mass is 16.5. The summed E-state index contributed by atoms with van der Waals surface area (Å²) in [5.41, 5.74) is 0.385. The number of aliphatic carboxylic acids is 1. The largest absolute Gasteiger partial charge is 0.480 e. The lowest BCUT2D eigenvalue weighted by Crippen LogP contribution is -2.48. The van der Waals surface area contributed by atoms with Crippen molar-refractivity contribution >= 4 is 5.97 Å². The van der Waals surface area contributed by atoms with Gasteiger partial charge in [0.2, 0.25) is 0 Å². The zero-order valence-corrected chi connectivity index (χ0v) is 13.4. The van der Waals surface area contributed by atoms with Crippen LogP contribution in [0.25, 0.3) is 0 Å². The van der Waals surface area contributed by atoms with E-state index in [0.717, 1.165) is 24.9 Å². The molecule has 1 aromatic rings. The number of benzene rings is 1. The SMILES string of the molecule is O=C(O)[C@@]12CCCN1[C@H](CCOCc1ccccc1)[C@H](CO)C2. The number of carbonyl (C=O) groups is 1. The molecule has 2 saturated heterocycles. The van der Waals surface area contributed by atoms with Gasteiger partial charge in [0.15, 0.2) is 0 Å². The summed E-state index contributed by atoms with van der Waals surface area (Å²) in [5, 5.41) is 19.3. The van der Waals surface area contributed by atoms with Crippen LogP contribution in [0.5, 0.6) is 0 Å². The molecule has 3 rings (SSSR count). The first kappa shape index (κ1) is 16.4. The van der Waals surface area contributed by atoms with Gasteiger partial charge >= 0.3 is 5.97 Å². The van der Waals surface area contributed by atoms with Crippen LogP contribution in [0.3, 0.4) is 0 Å². The van der Waals surface area contributed by atoms with Gasteiger partial charge in [-0.15, -0.1) is 0 Å². The quantitative estimate of drug-likeness (QED) is 0.751. The van der Waals surface area contributed by atoms with Crippen LogP contribution in [0.1, 0.15) is 31.2 Å². The standard InChI is InChI=1S/C18H25NO4/c20-12-15-11-18(17(21)22)8-4-9-19(18)16(15)7-10-23-13-14-5-2-1-3-6-14/h1-3,5-6,15-16,20H,4,7-13H2,(H,21,22)/t15-,16+,18-/m0/s1. The highest BCUT2D eigenvalue weighted by molar-refractivity contribution is 5.80. The molecule has 1 aromatic carbocycles. The minimum Gasteiger partial charge on any atom is -0.480 e. The van der Waals surface area contributed by atoms with Crippen molar-refractivity contribution in [1.29, 1.82) is 0 Å². The van der Waals surface area contributed by atoms with Gasteiger partial charge in [0.1, 0.15) is 5.54 Å². The molecule has 5 heteroatoms. The molecule has 0 amide bonds. The smallest absolute Gasteiger partial charge is 0.324 e. The van der Waals surface area contributed by atoms with E-state index in [9.17, 15) is 15.0 Å². The van der Waals surface area contributed by atoms with Gasteiger partial charge in [-0.05, 0) is 43.7 Å². The maximum absolute atomic E-state index is 11.8. The third-order valence-electron chi connectivity index (χ3n) is 5.39.